The fraction of sp³-hybridized carbons (Fsp3) is 0.385. The largest absolute Gasteiger partial charge is 0.507 e. The number of phenols is 1. The van der Waals surface area contributed by atoms with Crippen LogP contribution in [0.5, 0.6) is 5.75 Å². The van der Waals surface area contributed by atoms with Crippen LogP contribution in [-0.4, -0.2) is 33.5 Å². The third kappa shape index (κ3) is 4.17. The second-order valence-corrected chi connectivity index (χ2v) is 4.99. The molecule has 0 aliphatic carbocycles. The zero-order valence-electron chi connectivity index (χ0n) is 10.9. The molecule has 19 heavy (non-hydrogen) atoms. The normalized spacial score (nSPS) is 10.5. The van der Waals surface area contributed by atoms with Gasteiger partial charge >= 0.3 is 0 Å². The summed E-state index contributed by atoms with van der Waals surface area (Å²) in [5, 5.41) is 9.65. The number of amides is 1. The molecule has 0 spiro atoms. The van der Waals surface area contributed by atoms with Gasteiger partial charge in [-0.2, -0.15) is 0 Å². The molecule has 0 saturated carbocycles. The molecule has 1 aromatic rings. The van der Waals surface area contributed by atoms with Crippen LogP contribution in [0.25, 0.3) is 0 Å². The molecule has 3 N–H and O–H groups in total. The van der Waals surface area contributed by atoms with Crippen molar-refractivity contribution in [1.29, 1.82) is 0 Å². The summed E-state index contributed by atoms with van der Waals surface area (Å²) in [6, 6.07) is 3.17. The van der Waals surface area contributed by atoms with E-state index in [0.717, 1.165) is 18.2 Å². The Morgan fingerprint density at radius 1 is 1.53 bits per heavy atom. The lowest BCUT2D eigenvalue weighted by molar-refractivity contribution is 0.0708. The maximum absolute atomic E-state index is 13.2. The molecule has 0 aliphatic heterocycles. The Balaban J connectivity index is 2.99. The van der Waals surface area contributed by atoms with Gasteiger partial charge < -0.3 is 15.7 Å². The fourth-order valence-electron chi connectivity index (χ4n) is 1.66. The molecule has 0 heterocycles. The number of hydrogen-bond acceptors (Lipinski definition) is 3. The Labute approximate surface area is 117 Å². The van der Waals surface area contributed by atoms with Gasteiger partial charge in [0, 0.05) is 19.0 Å². The lowest BCUT2D eigenvalue weighted by Gasteiger charge is -2.27. The Hall–Kier alpha value is -1.69. The monoisotopic (exact) mass is 284 g/mol. The molecule has 0 aliphatic rings. The molecular formula is C13H17FN2O2S. The summed E-state index contributed by atoms with van der Waals surface area (Å²) in [4.78, 5) is 14.1. The molecule has 104 valence electrons. The highest BCUT2D eigenvalue weighted by atomic mass is 32.1. The number of halogens is 1. The van der Waals surface area contributed by atoms with E-state index in [9.17, 15) is 14.3 Å². The molecule has 0 radical (unpaired) electrons. The first kappa shape index (κ1) is 15.4. The number of phenolic OH excluding ortho intramolecular Hbond substituents is 1. The molecule has 0 atom stereocenters. The van der Waals surface area contributed by atoms with Crippen LogP contribution in [0.1, 0.15) is 30.6 Å². The quantitative estimate of drug-likeness (QED) is 0.812. The SMILES string of the molecule is CC(C)N(CCC(N)=S)C(=O)c1cc(F)ccc1O. The van der Waals surface area contributed by atoms with Crippen LogP contribution < -0.4 is 5.73 Å². The number of nitrogens with zero attached hydrogens (tertiary/aromatic N) is 1. The van der Waals surface area contributed by atoms with Crippen molar-refractivity contribution in [3.63, 3.8) is 0 Å². The van der Waals surface area contributed by atoms with E-state index in [2.05, 4.69) is 0 Å². The number of thiocarbonyl (C=S) groups is 1. The molecule has 0 bridgehead atoms. The minimum absolute atomic E-state index is 0.0587. The van der Waals surface area contributed by atoms with E-state index in [4.69, 9.17) is 18.0 Å². The van der Waals surface area contributed by atoms with Gasteiger partial charge in [-0.1, -0.05) is 12.2 Å². The maximum Gasteiger partial charge on any atom is 0.257 e. The molecule has 0 aromatic heterocycles. The minimum atomic E-state index is -0.570. The van der Waals surface area contributed by atoms with E-state index < -0.39 is 11.7 Å². The van der Waals surface area contributed by atoms with Crippen molar-refractivity contribution >= 4 is 23.1 Å². The van der Waals surface area contributed by atoms with E-state index in [1.807, 2.05) is 13.8 Å². The van der Waals surface area contributed by atoms with Crippen LogP contribution in [0.4, 0.5) is 4.39 Å². The van der Waals surface area contributed by atoms with Crippen LogP contribution in [0.15, 0.2) is 18.2 Å². The summed E-state index contributed by atoms with van der Waals surface area (Å²) in [6.45, 7) is 3.99. The number of benzene rings is 1. The number of nitrogens with two attached hydrogens (primary N) is 1. The molecule has 4 nitrogen and oxygen atoms in total. The van der Waals surface area contributed by atoms with Gasteiger partial charge in [-0.05, 0) is 32.0 Å². The molecule has 1 aromatic carbocycles. The summed E-state index contributed by atoms with van der Waals surface area (Å²) in [5.74, 6) is -1.25. The van der Waals surface area contributed by atoms with E-state index in [-0.39, 0.29) is 17.4 Å². The third-order valence-electron chi connectivity index (χ3n) is 2.67. The Kier molecular flexibility index (Phi) is 5.23. The molecular weight excluding hydrogens is 267 g/mol. The van der Waals surface area contributed by atoms with Crippen LogP contribution in [0.3, 0.4) is 0 Å². The smallest absolute Gasteiger partial charge is 0.257 e. The maximum atomic E-state index is 13.2. The van der Waals surface area contributed by atoms with Gasteiger partial charge in [0.1, 0.15) is 11.6 Å². The topological polar surface area (TPSA) is 66.6 Å². The van der Waals surface area contributed by atoms with Gasteiger partial charge in [0.25, 0.3) is 5.91 Å². The van der Waals surface area contributed by atoms with Gasteiger partial charge in [-0.3, -0.25) is 4.79 Å². The Morgan fingerprint density at radius 3 is 2.68 bits per heavy atom. The fourth-order valence-corrected chi connectivity index (χ4v) is 1.75. The van der Waals surface area contributed by atoms with Crippen molar-refractivity contribution in [2.45, 2.75) is 26.3 Å². The van der Waals surface area contributed by atoms with Crippen LogP contribution in [0, 0.1) is 5.82 Å². The van der Waals surface area contributed by atoms with Crippen molar-refractivity contribution in [1.82, 2.24) is 4.90 Å². The van der Waals surface area contributed by atoms with Crippen molar-refractivity contribution in [2.24, 2.45) is 5.73 Å². The standard InChI is InChI=1S/C13H17FN2O2S/c1-8(2)16(6-5-12(15)19)13(18)10-7-9(14)3-4-11(10)17/h3-4,7-8,17H,5-6H2,1-2H3,(H2,15,19). The molecule has 1 rings (SSSR count). The number of hydrogen-bond donors (Lipinski definition) is 2. The van der Waals surface area contributed by atoms with E-state index in [1.54, 1.807) is 0 Å². The van der Waals surface area contributed by atoms with Gasteiger partial charge in [0.15, 0.2) is 0 Å². The first-order valence-electron chi connectivity index (χ1n) is 5.90. The van der Waals surface area contributed by atoms with Crippen molar-refractivity contribution < 1.29 is 14.3 Å². The molecule has 1 amide bonds. The first-order chi connectivity index (χ1) is 8.82. The van der Waals surface area contributed by atoms with E-state index >= 15 is 0 Å². The number of aromatic hydroxyl groups is 1. The summed E-state index contributed by atoms with van der Waals surface area (Å²) >= 11 is 4.78. The van der Waals surface area contributed by atoms with Gasteiger partial charge in [0.05, 0.1) is 10.6 Å². The van der Waals surface area contributed by atoms with Crippen molar-refractivity contribution in [3.8, 4) is 5.75 Å². The second-order valence-electron chi connectivity index (χ2n) is 4.47. The first-order valence-corrected chi connectivity index (χ1v) is 6.31. The second kappa shape index (κ2) is 6.47. The minimum Gasteiger partial charge on any atom is -0.507 e. The predicted octanol–water partition coefficient (Wildman–Crippen LogP) is 2.06. The summed E-state index contributed by atoms with van der Waals surface area (Å²) in [6.07, 6.45) is 0.384. The van der Waals surface area contributed by atoms with Crippen LogP contribution in [0.2, 0.25) is 0 Å². The lowest BCUT2D eigenvalue weighted by atomic mass is 10.1. The summed E-state index contributed by atoms with van der Waals surface area (Å²) in [5.41, 5.74) is 5.36. The van der Waals surface area contributed by atoms with Gasteiger partial charge in [-0.25, -0.2) is 4.39 Å². The number of carbonyl (C=O) groups excluding carboxylic acids is 1. The van der Waals surface area contributed by atoms with Crippen molar-refractivity contribution in [3.05, 3.63) is 29.6 Å². The summed E-state index contributed by atoms with van der Waals surface area (Å²) in [7, 11) is 0. The highest BCUT2D eigenvalue weighted by molar-refractivity contribution is 7.80. The third-order valence-corrected chi connectivity index (χ3v) is 2.88. The average Bonchev–Trinajstić information content (AvgIpc) is 2.31. The highest BCUT2D eigenvalue weighted by Crippen LogP contribution is 2.21. The van der Waals surface area contributed by atoms with Crippen LogP contribution >= 0.6 is 12.2 Å². The molecule has 0 unspecified atom stereocenters. The average molecular weight is 284 g/mol. The Morgan fingerprint density at radius 2 is 2.16 bits per heavy atom. The zero-order valence-corrected chi connectivity index (χ0v) is 11.7. The van der Waals surface area contributed by atoms with E-state index in [1.165, 1.54) is 4.90 Å². The summed E-state index contributed by atoms with van der Waals surface area (Å²) < 4.78 is 13.2. The number of carbonyl (C=O) groups is 1. The van der Waals surface area contributed by atoms with Gasteiger partial charge in [0.2, 0.25) is 0 Å². The molecule has 0 fully saturated rings. The zero-order chi connectivity index (χ0) is 14.6. The lowest BCUT2D eigenvalue weighted by Crippen LogP contribution is -2.39. The predicted molar refractivity (Wildman–Crippen MR) is 75.6 cm³/mol. The van der Waals surface area contributed by atoms with Crippen LogP contribution in [-0.2, 0) is 0 Å². The van der Waals surface area contributed by atoms with E-state index in [0.29, 0.717) is 18.0 Å². The molecule has 6 heteroatoms. The van der Waals surface area contributed by atoms with Gasteiger partial charge in [-0.15, -0.1) is 0 Å². The molecule has 0 saturated heterocycles. The van der Waals surface area contributed by atoms with Crippen molar-refractivity contribution in [2.75, 3.05) is 6.54 Å². The Bertz CT molecular complexity index is 492. The highest BCUT2D eigenvalue weighted by Gasteiger charge is 2.21. The number of rotatable bonds is 5.